The van der Waals surface area contributed by atoms with Gasteiger partial charge < -0.3 is 0 Å². The summed E-state index contributed by atoms with van der Waals surface area (Å²) >= 11 is 0. The van der Waals surface area contributed by atoms with Gasteiger partial charge in [0.25, 0.3) is 10.0 Å². The summed E-state index contributed by atoms with van der Waals surface area (Å²) in [6.07, 6.45) is 2.38. The maximum Gasteiger partial charge on any atom is 0.263 e. The Hall–Kier alpha value is -1.36. The molecule has 0 bridgehead atoms. The zero-order chi connectivity index (χ0) is 13.7. The van der Waals surface area contributed by atoms with Gasteiger partial charge in [-0.2, -0.15) is 0 Å². The number of sulfonamides is 1. The lowest BCUT2D eigenvalue weighted by Gasteiger charge is -2.16. The molecule has 102 valence electrons. The first-order chi connectivity index (χ1) is 8.95. The van der Waals surface area contributed by atoms with E-state index in [9.17, 15) is 8.42 Å². The van der Waals surface area contributed by atoms with Gasteiger partial charge in [0.2, 0.25) is 0 Å². The number of benzene rings is 1. The summed E-state index contributed by atoms with van der Waals surface area (Å²) < 4.78 is 26.4. The van der Waals surface area contributed by atoms with E-state index in [0.29, 0.717) is 28.8 Å². The first kappa shape index (κ1) is 12.7. The Morgan fingerprint density at radius 2 is 2.00 bits per heavy atom. The van der Waals surface area contributed by atoms with Crippen LogP contribution < -0.4 is 4.72 Å². The number of hydrogen-bond donors (Lipinski definition) is 1. The number of amidine groups is 1. The molecule has 1 aliphatic heterocycles. The molecule has 5 heteroatoms. The van der Waals surface area contributed by atoms with Gasteiger partial charge in [-0.15, -0.1) is 0 Å². The minimum Gasteiger partial charge on any atom is -0.267 e. The number of nitrogens with one attached hydrogen (secondary N) is 1. The molecule has 3 rings (SSSR count). The number of rotatable bonds is 3. The molecule has 19 heavy (non-hydrogen) atoms. The quantitative estimate of drug-likeness (QED) is 0.921. The van der Waals surface area contributed by atoms with Crippen LogP contribution in [0, 0.1) is 11.3 Å². The van der Waals surface area contributed by atoms with E-state index < -0.39 is 10.0 Å². The van der Waals surface area contributed by atoms with Crippen molar-refractivity contribution in [1.82, 2.24) is 4.72 Å². The zero-order valence-corrected chi connectivity index (χ0v) is 12.0. The molecule has 0 atom stereocenters. The molecule has 0 radical (unpaired) electrons. The van der Waals surface area contributed by atoms with Crippen LogP contribution in [0.25, 0.3) is 0 Å². The second kappa shape index (κ2) is 4.07. The van der Waals surface area contributed by atoms with Gasteiger partial charge in [0.05, 0.1) is 4.90 Å². The average molecular weight is 278 g/mol. The van der Waals surface area contributed by atoms with E-state index in [1.54, 1.807) is 18.2 Å². The molecule has 1 aromatic rings. The molecule has 0 spiro atoms. The van der Waals surface area contributed by atoms with Crippen LogP contribution in [-0.2, 0) is 10.0 Å². The molecule has 1 heterocycles. The molecule has 0 aromatic heterocycles. The lowest BCUT2D eigenvalue weighted by Crippen LogP contribution is -2.24. The number of nitrogens with zero attached hydrogens (tertiary/aromatic N) is 1. The molecule has 1 fully saturated rings. The molecular weight excluding hydrogens is 260 g/mol. The highest BCUT2D eigenvalue weighted by atomic mass is 32.2. The SMILES string of the molecule is CC(C)C1(CN=C2NS(=O)(=O)c3ccccc32)CC1. The second-order valence-electron chi connectivity index (χ2n) is 5.78. The van der Waals surface area contributed by atoms with Crippen LogP contribution in [0.5, 0.6) is 0 Å². The van der Waals surface area contributed by atoms with Crippen LogP contribution in [0.15, 0.2) is 34.2 Å². The van der Waals surface area contributed by atoms with Gasteiger partial charge in [0.15, 0.2) is 0 Å². The highest BCUT2D eigenvalue weighted by molar-refractivity contribution is 7.90. The summed E-state index contributed by atoms with van der Waals surface area (Å²) in [7, 11) is -3.40. The van der Waals surface area contributed by atoms with E-state index >= 15 is 0 Å². The Morgan fingerprint density at radius 3 is 2.63 bits per heavy atom. The first-order valence-corrected chi connectivity index (χ1v) is 8.10. The van der Waals surface area contributed by atoms with Crippen molar-refractivity contribution in [3.63, 3.8) is 0 Å². The monoisotopic (exact) mass is 278 g/mol. The summed E-state index contributed by atoms with van der Waals surface area (Å²) in [4.78, 5) is 4.88. The molecule has 0 unspecified atom stereocenters. The second-order valence-corrected chi connectivity index (χ2v) is 7.43. The van der Waals surface area contributed by atoms with Crippen molar-refractivity contribution in [3.8, 4) is 0 Å². The van der Waals surface area contributed by atoms with E-state index in [2.05, 4.69) is 23.6 Å². The Balaban J connectivity index is 1.92. The Kier molecular flexibility index (Phi) is 2.71. The van der Waals surface area contributed by atoms with E-state index in [4.69, 9.17) is 0 Å². The summed E-state index contributed by atoms with van der Waals surface area (Å²) in [5, 5.41) is 0. The van der Waals surface area contributed by atoms with Crippen LogP contribution in [0.3, 0.4) is 0 Å². The molecule has 1 saturated carbocycles. The van der Waals surface area contributed by atoms with Crippen molar-refractivity contribution in [1.29, 1.82) is 0 Å². The van der Waals surface area contributed by atoms with Crippen molar-refractivity contribution < 1.29 is 8.42 Å². The van der Waals surface area contributed by atoms with Gasteiger partial charge in [0, 0.05) is 12.1 Å². The van der Waals surface area contributed by atoms with Crippen LogP contribution in [0.4, 0.5) is 0 Å². The van der Waals surface area contributed by atoms with Crippen molar-refractivity contribution >= 4 is 15.9 Å². The molecular formula is C14H18N2O2S. The lowest BCUT2D eigenvalue weighted by atomic mass is 9.93. The van der Waals surface area contributed by atoms with Crippen molar-refractivity contribution in [2.24, 2.45) is 16.3 Å². The van der Waals surface area contributed by atoms with Gasteiger partial charge in [-0.3, -0.25) is 9.71 Å². The average Bonchev–Trinajstić information content (AvgIpc) is 3.11. The van der Waals surface area contributed by atoms with Gasteiger partial charge in [-0.05, 0) is 36.3 Å². The first-order valence-electron chi connectivity index (χ1n) is 6.61. The van der Waals surface area contributed by atoms with Gasteiger partial charge in [0.1, 0.15) is 5.84 Å². The molecule has 2 aliphatic rings. The van der Waals surface area contributed by atoms with Gasteiger partial charge in [-0.1, -0.05) is 26.0 Å². The van der Waals surface area contributed by atoms with Crippen molar-refractivity contribution in [2.45, 2.75) is 31.6 Å². The standard InChI is InChI=1S/C14H18N2O2S/c1-10(2)14(7-8-14)9-15-13-11-5-3-4-6-12(11)19(17,18)16-13/h3-6,10H,7-9H2,1-2H3,(H,15,16). The third-order valence-corrected chi connectivity index (χ3v) is 5.73. The number of aliphatic imine (C=N–C) groups is 1. The van der Waals surface area contributed by atoms with Gasteiger partial charge in [-0.25, -0.2) is 8.42 Å². The largest absolute Gasteiger partial charge is 0.267 e. The Morgan fingerprint density at radius 1 is 1.32 bits per heavy atom. The summed E-state index contributed by atoms with van der Waals surface area (Å²) in [5.74, 6) is 1.09. The summed E-state index contributed by atoms with van der Waals surface area (Å²) in [5.41, 5.74) is 0.984. The maximum atomic E-state index is 11.9. The minimum absolute atomic E-state index is 0.288. The Labute approximate surface area is 114 Å². The predicted molar refractivity (Wildman–Crippen MR) is 74.7 cm³/mol. The normalized spacial score (nSPS) is 24.3. The molecule has 1 aromatic carbocycles. The topological polar surface area (TPSA) is 58.5 Å². The van der Waals surface area contributed by atoms with Crippen molar-refractivity contribution in [3.05, 3.63) is 29.8 Å². The van der Waals surface area contributed by atoms with Crippen LogP contribution in [-0.4, -0.2) is 20.8 Å². The van der Waals surface area contributed by atoms with E-state index in [0.717, 1.165) is 0 Å². The summed E-state index contributed by atoms with van der Waals surface area (Å²) in [6, 6.07) is 7.00. The smallest absolute Gasteiger partial charge is 0.263 e. The van der Waals surface area contributed by atoms with E-state index in [-0.39, 0.29) is 5.41 Å². The predicted octanol–water partition coefficient (Wildman–Crippen LogP) is 2.16. The van der Waals surface area contributed by atoms with Crippen LogP contribution in [0.1, 0.15) is 32.3 Å². The number of hydrogen-bond acceptors (Lipinski definition) is 3. The van der Waals surface area contributed by atoms with E-state index in [1.165, 1.54) is 12.8 Å². The van der Waals surface area contributed by atoms with Crippen molar-refractivity contribution in [2.75, 3.05) is 6.54 Å². The minimum atomic E-state index is -3.40. The Bertz CT molecular complexity index is 643. The summed E-state index contributed by atoms with van der Waals surface area (Å²) in [6.45, 7) is 5.12. The molecule has 1 aliphatic carbocycles. The fraction of sp³-hybridized carbons (Fsp3) is 0.500. The fourth-order valence-corrected chi connectivity index (χ4v) is 3.82. The zero-order valence-electron chi connectivity index (χ0n) is 11.2. The van der Waals surface area contributed by atoms with Crippen LogP contribution >= 0.6 is 0 Å². The highest BCUT2D eigenvalue weighted by Gasteiger charge is 2.45. The van der Waals surface area contributed by atoms with Crippen LogP contribution in [0.2, 0.25) is 0 Å². The molecule has 4 nitrogen and oxygen atoms in total. The molecule has 0 saturated heterocycles. The fourth-order valence-electron chi connectivity index (χ4n) is 2.57. The maximum absolute atomic E-state index is 11.9. The highest BCUT2D eigenvalue weighted by Crippen LogP contribution is 2.52. The third-order valence-electron chi connectivity index (χ3n) is 4.33. The lowest BCUT2D eigenvalue weighted by molar-refractivity contribution is 0.371. The third kappa shape index (κ3) is 2.06. The van der Waals surface area contributed by atoms with E-state index in [1.807, 2.05) is 6.07 Å². The number of fused-ring (bicyclic) bond motifs is 1. The molecule has 0 amide bonds. The van der Waals surface area contributed by atoms with Gasteiger partial charge >= 0.3 is 0 Å². The molecule has 1 N–H and O–H groups in total.